The maximum atomic E-state index is 11.5. The molecule has 0 aliphatic carbocycles. The fourth-order valence-corrected chi connectivity index (χ4v) is 5.63. The van der Waals surface area contributed by atoms with Crippen molar-refractivity contribution in [2.75, 3.05) is 48.0 Å². The van der Waals surface area contributed by atoms with E-state index in [2.05, 4.69) is 6.92 Å². The van der Waals surface area contributed by atoms with Gasteiger partial charge in [0.1, 0.15) is 12.6 Å². The molecule has 9 heteroatoms. The van der Waals surface area contributed by atoms with E-state index in [9.17, 15) is 14.4 Å². The molecule has 1 aliphatic heterocycles. The van der Waals surface area contributed by atoms with Crippen LogP contribution in [0.1, 0.15) is 110 Å². The van der Waals surface area contributed by atoms with E-state index in [0.29, 0.717) is 11.1 Å². The van der Waals surface area contributed by atoms with Crippen LogP contribution in [-0.2, 0) is 23.3 Å². The van der Waals surface area contributed by atoms with Crippen molar-refractivity contribution in [1.29, 1.82) is 0 Å². The van der Waals surface area contributed by atoms with Crippen LogP contribution in [0.2, 0.25) is 0 Å². The van der Waals surface area contributed by atoms with Gasteiger partial charge in [0.05, 0.1) is 40.5 Å². The zero-order chi connectivity index (χ0) is 26.9. The molecule has 0 radical (unpaired) electrons. The fraction of sp³-hybridized carbons (Fsp3) is 1.00. The van der Waals surface area contributed by atoms with Gasteiger partial charge in [-0.1, -0.05) is 103 Å². The van der Waals surface area contributed by atoms with E-state index in [1.54, 1.807) is 0 Å². The van der Waals surface area contributed by atoms with Gasteiger partial charge < -0.3 is 28.5 Å². The van der Waals surface area contributed by atoms with Gasteiger partial charge in [0.2, 0.25) is 0 Å². The van der Waals surface area contributed by atoms with Gasteiger partial charge in [-0.3, -0.25) is 9.09 Å². The van der Waals surface area contributed by atoms with Crippen molar-refractivity contribution in [1.82, 2.24) is 0 Å². The van der Waals surface area contributed by atoms with E-state index in [4.69, 9.17) is 18.7 Å². The van der Waals surface area contributed by atoms with E-state index >= 15 is 0 Å². The van der Waals surface area contributed by atoms with Gasteiger partial charge in [-0.05, 0) is 6.42 Å². The second-order valence-corrected chi connectivity index (χ2v) is 12.7. The number of methoxy groups -OCH3 is 1. The normalized spacial score (nSPS) is 22.3. The molecule has 1 N–H and O–H groups in total. The quantitative estimate of drug-likeness (QED) is 0.0836. The van der Waals surface area contributed by atoms with Crippen LogP contribution in [-0.4, -0.2) is 75.4 Å². The van der Waals surface area contributed by atoms with Crippen molar-refractivity contribution in [3.05, 3.63) is 0 Å². The Kier molecular flexibility index (Phi) is 17.2. The zero-order valence-electron chi connectivity index (χ0n) is 23.9. The second-order valence-electron chi connectivity index (χ2n) is 11.5. The summed E-state index contributed by atoms with van der Waals surface area (Å²) in [4.78, 5) is 20.9. The van der Waals surface area contributed by atoms with Crippen molar-refractivity contribution < 1.29 is 37.6 Å². The molecule has 0 amide bonds. The summed E-state index contributed by atoms with van der Waals surface area (Å²) in [5.41, 5.74) is 0. The third-order valence-electron chi connectivity index (χ3n) is 6.90. The van der Waals surface area contributed by atoms with Crippen LogP contribution in [0.4, 0.5) is 0 Å². The second kappa shape index (κ2) is 18.3. The first-order valence-electron chi connectivity index (χ1n) is 14.3. The lowest BCUT2D eigenvalue weighted by Crippen LogP contribution is -2.61. The van der Waals surface area contributed by atoms with E-state index < -0.39 is 19.7 Å². The van der Waals surface area contributed by atoms with Crippen molar-refractivity contribution in [2.24, 2.45) is 0 Å². The maximum Gasteiger partial charge on any atom is 0.268 e. The Hall–Kier alpha value is -0.0500. The van der Waals surface area contributed by atoms with Crippen LogP contribution < -0.4 is 4.89 Å². The Morgan fingerprint density at radius 1 is 0.861 bits per heavy atom. The van der Waals surface area contributed by atoms with Gasteiger partial charge >= 0.3 is 0 Å². The molecule has 216 valence electrons. The smallest absolute Gasteiger partial charge is 0.268 e. The highest BCUT2D eigenvalue weighted by Crippen LogP contribution is 2.41. The summed E-state index contributed by atoms with van der Waals surface area (Å²) < 4.78 is 34.3. The fourth-order valence-electron chi connectivity index (χ4n) is 4.99. The molecule has 1 rings (SSSR count). The molecule has 36 heavy (non-hydrogen) atoms. The molecule has 0 saturated carbocycles. The predicted molar refractivity (Wildman–Crippen MR) is 143 cm³/mol. The highest BCUT2D eigenvalue weighted by molar-refractivity contribution is 7.44. The third kappa shape index (κ3) is 16.0. The first-order chi connectivity index (χ1) is 17.0. The highest BCUT2D eigenvalue weighted by Gasteiger charge is 2.50. The molecule has 1 saturated heterocycles. The van der Waals surface area contributed by atoms with Gasteiger partial charge in [-0.25, -0.2) is 0 Å². The number of hydrogen-bond acceptors (Lipinski definition) is 6. The summed E-state index contributed by atoms with van der Waals surface area (Å²) in [6.07, 6.45) is 20.2. The predicted octanol–water partition coefficient (Wildman–Crippen LogP) is 5.56. The summed E-state index contributed by atoms with van der Waals surface area (Å²) in [5.74, 6) is -1.65. The number of ether oxygens (including phenoxy) is 3. The Bertz CT molecular complexity index is 587. The van der Waals surface area contributed by atoms with Crippen LogP contribution >= 0.6 is 7.82 Å². The lowest BCUT2D eigenvalue weighted by Gasteiger charge is -2.45. The molecule has 2 unspecified atom stereocenters. The minimum Gasteiger partial charge on any atom is -0.756 e. The molecule has 0 aromatic rings. The number of hydrogen-bond donors (Lipinski definition) is 1. The Balaban J connectivity index is 2.15. The van der Waals surface area contributed by atoms with Crippen molar-refractivity contribution in [3.8, 4) is 0 Å². The summed E-state index contributed by atoms with van der Waals surface area (Å²) in [7, 11) is 1.97. The van der Waals surface area contributed by atoms with Crippen molar-refractivity contribution in [3.63, 3.8) is 0 Å². The standard InChI is InChI=1S/C27H56NO7P/c1-6-7-8-9-10-11-12-13-14-15-16-17-18-19-20-21-25-22-34-26(23-33-25)27(32-5,24-28(2,3)4)35-36(29,30)31/h25-26H,6-24H2,1-5H3,(H-,29,30,31)/t25-,26+,27?/m0/s1. The molecule has 0 aromatic carbocycles. The number of phosphoric ester groups is 1. The molecule has 0 aromatic heterocycles. The Morgan fingerprint density at radius 2 is 1.33 bits per heavy atom. The monoisotopic (exact) mass is 537 g/mol. The summed E-state index contributed by atoms with van der Waals surface area (Å²) >= 11 is 0. The number of likely N-dealkylation sites (N-methyl/N-ethyl adjacent to an activating group) is 1. The van der Waals surface area contributed by atoms with E-state index in [1.807, 2.05) is 21.1 Å². The molecule has 1 aliphatic rings. The van der Waals surface area contributed by atoms with E-state index in [-0.39, 0.29) is 19.3 Å². The zero-order valence-corrected chi connectivity index (χ0v) is 24.8. The van der Waals surface area contributed by atoms with E-state index in [0.717, 1.165) is 12.8 Å². The lowest BCUT2D eigenvalue weighted by atomic mass is 10.0. The molecule has 0 bridgehead atoms. The van der Waals surface area contributed by atoms with E-state index in [1.165, 1.54) is 97.0 Å². The molecule has 1 heterocycles. The van der Waals surface area contributed by atoms with Crippen LogP contribution in [0.15, 0.2) is 0 Å². The summed E-state index contributed by atoms with van der Waals surface area (Å²) in [5, 5.41) is 0. The van der Waals surface area contributed by atoms with Crippen molar-refractivity contribution >= 4 is 7.82 Å². The van der Waals surface area contributed by atoms with Gasteiger partial charge in [0.15, 0.2) is 0 Å². The topological polar surface area (TPSA) is 97.3 Å². The number of quaternary nitrogens is 1. The van der Waals surface area contributed by atoms with Crippen LogP contribution in [0.25, 0.3) is 0 Å². The lowest BCUT2D eigenvalue weighted by molar-refractivity contribution is -0.881. The molecule has 4 atom stereocenters. The largest absolute Gasteiger partial charge is 0.756 e. The molecule has 1 fully saturated rings. The minimum absolute atomic E-state index is 0.0184. The average Bonchev–Trinajstić information content (AvgIpc) is 2.79. The number of phosphoric acid groups is 1. The van der Waals surface area contributed by atoms with Gasteiger partial charge in [-0.2, -0.15) is 0 Å². The van der Waals surface area contributed by atoms with Crippen LogP contribution in [0.3, 0.4) is 0 Å². The van der Waals surface area contributed by atoms with Crippen LogP contribution in [0, 0.1) is 0 Å². The summed E-state index contributed by atoms with van der Waals surface area (Å²) in [6.45, 7) is 2.93. The third-order valence-corrected chi connectivity index (χ3v) is 7.44. The summed E-state index contributed by atoms with van der Waals surface area (Å²) in [6, 6.07) is 0. The molecule has 0 spiro atoms. The maximum absolute atomic E-state index is 11.5. The SMILES string of the molecule is CCCCCCCCCCCCCCCCC[C@H]1CO[C@@H](C(C[N+](C)(C)C)(OC)OP(=O)([O-])O)CO1. The molecular formula is C27H56NO7P. The average molecular weight is 538 g/mol. The van der Waals surface area contributed by atoms with Crippen LogP contribution in [0.5, 0.6) is 0 Å². The van der Waals surface area contributed by atoms with Gasteiger partial charge in [-0.15, -0.1) is 0 Å². The number of rotatable bonds is 22. The Labute approximate surface area is 221 Å². The molecular weight excluding hydrogens is 481 g/mol. The van der Waals surface area contributed by atoms with Crippen molar-refractivity contribution in [2.45, 2.75) is 128 Å². The highest BCUT2D eigenvalue weighted by atomic mass is 31.2. The first kappa shape index (κ1) is 34.0. The first-order valence-corrected chi connectivity index (χ1v) is 15.8. The molecule has 8 nitrogen and oxygen atoms in total. The minimum atomic E-state index is -5.04. The Morgan fingerprint density at radius 3 is 1.69 bits per heavy atom. The van der Waals surface area contributed by atoms with Gasteiger partial charge in [0, 0.05) is 7.11 Å². The van der Waals surface area contributed by atoms with Gasteiger partial charge in [0.25, 0.3) is 13.6 Å². The number of unbranched alkanes of at least 4 members (excludes halogenated alkanes) is 14. The number of nitrogens with zero attached hydrogens (tertiary/aromatic N) is 1.